The van der Waals surface area contributed by atoms with Crippen LogP contribution in [0.1, 0.15) is 33.6 Å². The molecule has 0 spiro atoms. The van der Waals surface area contributed by atoms with Gasteiger partial charge in [-0.3, -0.25) is 0 Å². The Hall–Kier alpha value is -1.46. The first-order chi connectivity index (χ1) is 6.91. The summed E-state index contributed by atoms with van der Waals surface area (Å²) >= 11 is 0. The third kappa shape index (κ3) is 4.05. The van der Waals surface area contributed by atoms with Crippen LogP contribution in [0.15, 0.2) is 0 Å². The van der Waals surface area contributed by atoms with E-state index in [1.54, 1.807) is 13.8 Å². The van der Waals surface area contributed by atoms with Crippen LogP contribution in [0.3, 0.4) is 0 Å². The van der Waals surface area contributed by atoms with Gasteiger partial charge in [0.05, 0.1) is 6.04 Å². The summed E-state index contributed by atoms with van der Waals surface area (Å²) < 4.78 is 0. The second-order valence-electron chi connectivity index (χ2n) is 3.48. The van der Waals surface area contributed by atoms with Crippen LogP contribution in [0.25, 0.3) is 0 Å². The highest BCUT2D eigenvalue weighted by Gasteiger charge is 2.27. The number of rotatable bonds is 4. The molecule has 0 aliphatic rings. The third-order valence-corrected chi connectivity index (χ3v) is 1.89. The van der Waals surface area contributed by atoms with E-state index in [-0.39, 0.29) is 6.54 Å². The molecular weight excluding hydrogens is 200 g/mol. The maximum absolute atomic E-state index is 10.9. The summed E-state index contributed by atoms with van der Waals surface area (Å²) in [5.41, 5.74) is 0. The molecule has 0 unspecified atom stereocenters. The Kier molecular flexibility index (Phi) is 5.51. The Morgan fingerprint density at radius 1 is 1.20 bits per heavy atom. The summed E-state index contributed by atoms with van der Waals surface area (Å²) in [7, 11) is 0. The second kappa shape index (κ2) is 6.10. The second-order valence-corrected chi connectivity index (χ2v) is 3.48. The lowest BCUT2D eigenvalue weighted by molar-refractivity contribution is -0.0179. The van der Waals surface area contributed by atoms with E-state index in [0.717, 1.165) is 16.4 Å². The quantitative estimate of drug-likeness (QED) is 0.708. The summed E-state index contributed by atoms with van der Waals surface area (Å²) in [5.74, 6) is 0. The minimum atomic E-state index is -1.25. The van der Waals surface area contributed by atoms with Crippen molar-refractivity contribution in [1.29, 1.82) is 0 Å². The molecule has 0 aliphatic heterocycles. The van der Waals surface area contributed by atoms with Crippen LogP contribution in [0.4, 0.5) is 9.59 Å². The third-order valence-electron chi connectivity index (χ3n) is 1.89. The zero-order valence-electron chi connectivity index (χ0n) is 9.30. The van der Waals surface area contributed by atoms with E-state index in [2.05, 4.69) is 0 Å². The molecule has 0 saturated carbocycles. The lowest BCUT2D eigenvalue weighted by Gasteiger charge is -2.33. The Bertz CT molecular complexity index is 230. The van der Waals surface area contributed by atoms with Gasteiger partial charge in [0.2, 0.25) is 0 Å². The highest BCUT2D eigenvalue weighted by molar-refractivity contribution is 5.71. The first-order valence-electron chi connectivity index (χ1n) is 4.94. The Morgan fingerprint density at radius 2 is 1.73 bits per heavy atom. The van der Waals surface area contributed by atoms with Gasteiger partial charge in [-0.25, -0.2) is 19.6 Å². The summed E-state index contributed by atoms with van der Waals surface area (Å²) in [6.07, 6.45) is -1.03. The van der Waals surface area contributed by atoms with Crippen molar-refractivity contribution in [3.63, 3.8) is 0 Å². The van der Waals surface area contributed by atoms with Crippen LogP contribution in [0.2, 0.25) is 0 Å². The van der Waals surface area contributed by atoms with Crippen molar-refractivity contribution in [3.05, 3.63) is 0 Å². The summed E-state index contributed by atoms with van der Waals surface area (Å²) in [6.45, 7) is 5.39. The number of carboxylic acid groups (broad SMARTS) is 2. The number of hydrogen-bond acceptors (Lipinski definition) is 2. The molecule has 0 fully saturated rings. The molecule has 2 N–H and O–H groups in total. The van der Waals surface area contributed by atoms with E-state index in [9.17, 15) is 9.59 Å². The van der Waals surface area contributed by atoms with Crippen LogP contribution in [0, 0.1) is 0 Å². The fourth-order valence-corrected chi connectivity index (χ4v) is 1.21. The molecule has 0 saturated heterocycles. The summed E-state index contributed by atoms with van der Waals surface area (Å²) in [5, 5.41) is 19.4. The van der Waals surface area contributed by atoms with Crippen molar-refractivity contribution < 1.29 is 19.8 Å². The molecule has 2 amide bonds. The fourth-order valence-electron chi connectivity index (χ4n) is 1.21. The van der Waals surface area contributed by atoms with Crippen molar-refractivity contribution in [2.24, 2.45) is 0 Å². The fraction of sp³-hybridized carbons (Fsp3) is 0.778. The molecule has 0 atom stereocenters. The molecule has 0 aromatic heterocycles. The number of carbonyl (C=O) groups is 2. The zero-order valence-corrected chi connectivity index (χ0v) is 9.30. The molecule has 0 bridgehead atoms. The predicted molar refractivity (Wildman–Crippen MR) is 54.6 cm³/mol. The van der Waals surface area contributed by atoms with Gasteiger partial charge in [-0.05, 0) is 20.3 Å². The first kappa shape index (κ1) is 13.5. The minimum absolute atomic E-state index is 0.205. The molecule has 6 heteroatoms. The number of amides is 2. The number of nitrogens with zero attached hydrogens (tertiary/aromatic N) is 2. The molecule has 0 aliphatic carbocycles. The van der Waals surface area contributed by atoms with E-state index >= 15 is 0 Å². The van der Waals surface area contributed by atoms with Gasteiger partial charge in [-0.2, -0.15) is 0 Å². The van der Waals surface area contributed by atoms with Crippen LogP contribution in [-0.4, -0.2) is 45.0 Å². The lowest BCUT2D eigenvalue weighted by atomic mass is 10.3. The number of unbranched alkanes of at least 4 members (excludes halogenated alkanes) is 1. The van der Waals surface area contributed by atoms with E-state index in [1.807, 2.05) is 6.92 Å². The summed E-state index contributed by atoms with van der Waals surface area (Å²) in [4.78, 5) is 21.7. The Morgan fingerprint density at radius 3 is 2.00 bits per heavy atom. The lowest BCUT2D eigenvalue weighted by Crippen LogP contribution is -2.52. The highest BCUT2D eigenvalue weighted by Crippen LogP contribution is 2.07. The van der Waals surface area contributed by atoms with Crippen molar-refractivity contribution in [2.75, 3.05) is 6.54 Å². The molecule has 15 heavy (non-hydrogen) atoms. The normalized spacial score (nSPS) is 10.1. The van der Waals surface area contributed by atoms with Crippen molar-refractivity contribution in [2.45, 2.75) is 39.7 Å². The molecule has 6 nitrogen and oxygen atoms in total. The molecular formula is C9H18N2O4. The maximum Gasteiger partial charge on any atom is 0.426 e. The van der Waals surface area contributed by atoms with Gasteiger partial charge in [-0.1, -0.05) is 13.3 Å². The standard InChI is InChI=1S/C9H18N2O4/c1-4-5-6-10(8(12)13)11(7(2)3)9(14)15/h7H,4-6H2,1-3H3,(H,12,13)(H,14,15). The van der Waals surface area contributed by atoms with Gasteiger partial charge in [-0.15, -0.1) is 0 Å². The van der Waals surface area contributed by atoms with Crippen molar-refractivity contribution >= 4 is 12.2 Å². The smallest absolute Gasteiger partial charge is 0.426 e. The average molecular weight is 218 g/mol. The average Bonchev–Trinajstić information content (AvgIpc) is 2.09. The zero-order chi connectivity index (χ0) is 12.0. The van der Waals surface area contributed by atoms with Crippen LogP contribution in [-0.2, 0) is 0 Å². The van der Waals surface area contributed by atoms with Gasteiger partial charge in [0.1, 0.15) is 0 Å². The van der Waals surface area contributed by atoms with Gasteiger partial charge in [0.25, 0.3) is 0 Å². The molecule has 88 valence electrons. The van der Waals surface area contributed by atoms with E-state index in [1.165, 1.54) is 0 Å². The molecule has 0 heterocycles. The SMILES string of the molecule is CCCCN(C(=O)O)N(C(=O)O)C(C)C. The van der Waals surface area contributed by atoms with Crippen molar-refractivity contribution in [3.8, 4) is 0 Å². The van der Waals surface area contributed by atoms with Gasteiger partial charge >= 0.3 is 12.2 Å². The van der Waals surface area contributed by atoms with Crippen LogP contribution >= 0.6 is 0 Å². The van der Waals surface area contributed by atoms with Crippen LogP contribution < -0.4 is 0 Å². The Labute approximate surface area is 89.1 Å². The highest BCUT2D eigenvalue weighted by atomic mass is 16.4. The van der Waals surface area contributed by atoms with E-state index in [4.69, 9.17) is 10.2 Å². The van der Waals surface area contributed by atoms with Gasteiger partial charge in [0.15, 0.2) is 0 Å². The van der Waals surface area contributed by atoms with Gasteiger partial charge in [0, 0.05) is 6.54 Å². The maximum atomic E-state index is 10.9. The molecule has 0 aromatic carbocycles. The van der Waals surface area contributed by atoms with Gasteiger partial charge < -0.3 is 10.2 Å². The number of hydrazine groups is 1. The molecule has 0 aromatic rings. The largest absolute Gasteiger partial charge is 0.464 e. The number of hydrogen-bond donors (Lipinski definition) is 2. The summed E-state index contributed by atoms with van der Waals surface area (Å²) in [6, 6.07) is -0.393. The van der Waals surface area contributed by atoms with Crippen molar-refractivity contribution in [1.82, 2.24) is 10.0 Å². The van der Waals surface area contributed by atoms with E-state index < -0.39 is 18.2 Å². The molecule has 0 rings (SSSR count). The molecule has 0 radical (unpaired) electrons. The van der Waals surface area contributed by atoms with E-state index in [0.29, 0.717) is 6.42 Å². The predicted octanol–water partition coefficient (Wildman–Crippen LogP) is 2.07. The Balaban J connectivity index is 4.68. The first-order valence-corrected chi connectivity index (χ1v) is 4.94. The van der Waals surface area contributed by atoms with Crippen LogP contribution in [0.5, 0.6) is 0 Å². The topological polar surface area (TPSA) is 81.1 Å². The minimum Gasteiger partial charge on any atom is -0.464 e. The monoisotopic (exact) mass is 218 g/mol.